The van der Waals surface area contributed by atoms with Crippen LogP contribution in [0, 0.1) is 5.82 Å². The average Bonchev–Trinajstić information content (AvgIpc) is 2.61. The van der Waals surface area contributed by atoms with Crippen molar-refractivity contribution in [3.05, 3.63) is 29.0 Å². The van der Waals surface area contributed by atoms with E-state index in [0.29, 0.717) is 12.8 Å². The third kappa shape index (κ3) is 4.50. The van der Waals surface area contributed by atoms with Crippen molar-refractivity contribution in [2.45, 2.75) is 47.5 Å². The van der Waals surface area contributed by atoms with Gasteiger partial charge in [0.05, 0.1) is 27.0 Å². The van der Waals surface area contributed by atoms with Crippen molar-refractivity contribution in [3.8, 4) is 0 Å². The number of hydrogen-bond acceptors (Lipinski definition) is 5. The third-order valence-corrected chi connectivity index (χ3v) is 9.61. The molecule has 2 aliphatic rings. The van der Waals surface area contributed by atoms with Gasteiger partial charge in [0.2, 0.25) is 15.9 Å². The summed E-state index contributed by atoms with van der Waals surface area (Å²) in [6, 6.07) is 2.93. The van der Waals surface area contributed by atoms with E-state index in [-0.39, 0.29) is 28.3 Å². The van der Waals surface area contributed by atoms with E-state index in [2.05, 4.69) is 4.72 Å². The monoisotopic (exact) mass is 452 g/mol. The molecule has 0 spiro atoms. The summed E-state index contributed by atoms with van der Waals surface area (Å²) < 4.78 is 64.9. The molecule has 1 amide bonds. The van der Waals surface area contributed by atoms with Crippen molar-refractivity contribution in [3.63, 3.8) is 0 Å². The number of benzene rings is 1. The van der Waals surface area contributed by atoms with Gasteiger partial charge in [-0.1, -0.05) is 30.9 Å². The molecular formula is C17H22ClFN2O5S2. The zero-order valence-corrected chi connectivity index (χ0v) is 17.5. The molecule has 1 saturated carbocycles. The molecule has 0 bridgehead atoms. The minimum absolute atomic E-state index is 0.0851. The number of sulfone groups is 1. The Morgan fingerprint density at radius 3 is 2.36 bits per heavy atom. The first kappa shape index (κ1) is 21.5. The molecule has 1 aliphatic heterocycles. The van der Waals surface area contributed by atoms with Crippen LogP contribution < -0.4 is 4.72 Å². The van der Waals surface area contributed by atoms with Gasteiger partial charge < -0.3 is 4.90 Å². The number of carbonyl (C=O) groups is 1. The lowest BCUT2D eigenvalue weighted by atomic mass is 10.0. The van der Waals surface area contributed by atoms with Crippen LogP contribution in [-0.2, 0) is 24.7 Å². The standard InChI is InChI=1S/C17H22ClFN2O5S2/c18-15-8-13(6-7-16(15)19)28(25,26)20-9-17(22)21-10-14(11-21)27(23,24)12-4-2-1-3-5-12/h6-8,12,14,20H,1-5,9-11H2. The highest BCUT2D eigenvalue weighted by Gasteiger charge is 2.43. The van der Waals surface area contributed by atoms with Gasteiger partial charge in [0.25, 0.3) is 0 Å². The number of amides is 1. The minimum Gasteiger partial charge on any atom is -0.339 e. The van der Waals surface area contributed by atoms with Gasteiger partial charge in [-0.25, -0.2) is 25.9 Å². The molecule has 28 heavy (non-hydrogen) atoms. The van der Waals surface area contributed by atoms with Crippen molar-refractivity contribution in [2.75, 3.05) is 19.6 Å². The van der Waals surface area contributed by atoms with Gasteiger partial charge in [0.1, 0.15) is 5.82 Å². The highest BCUT2D eigenvalue weighted by atomic mass is 35.5. The van der Waals surface area contributed by atoms with Crippen LogP contribution in [0.15, 0.2) is 23.1 Å². The summed E-state index contributed by atoms with van der Waals surface area (Å²) in [5, 5.41) is -1.25. The lowest BCUT2D eigenvalue weighted by Crippen LogP contribution is -2.60. The topological polar surface area (TPSA) is 101 Å². The van der Waals surface area contributed by atoms with Gasteiger partial charge in [-0.3, -0.25) is 4.79 Å². The molecule has 11 heteroatoms. The van der Waals surface area contributed by atoms with Gasteiger partial charge >= 0.3 is 0 Å². The summed E-state index contributed by atoms with van der Waals surface area (Å²) in [6.07, 6.45) is 4.23. The molecular weight excluding hydrogens is 431 g/mol. The second-order valence-electron chi connectivity index (χ2n) is 7.17. The maximum absolute atomic E-state index is 13.2. The predicted octanol–water partition coefficient (Wildman–Crippen LogP) is 1.72. The lowest BCUT2D eigenvalue weighted by Gasteiger charge is -2.40. The number of nitrogens with zero attached hydrogens (tertiary/aromatic N) is 1. The maximum atomic E-state index is 13.2. The van der Waals surface area contributed by atoms with Gasteiger partial charge in [-0.05, 0) is 31.0 Å². The van der Waals surface area contributed by atoms with Crippen molar-refractivity contribution in [1.82, 2.24) is 9.62 Å². The number of hydrogen-bond donors (Lipinski definition) is 1. The van der Waals surface area contributed by atoms with Crippen LogP contribution in [0.4, 0.5) is 4.39 Å². The smallest absolute Gasteiger partial charge is 0.241 e. The predicted molar refractivity (Wildman–Crippen MR) is 103 cm³/mol. The Morgan fingerprint density at radius 2 is 1.75 bits per heavy atom. The fourth-order valence-electron chi connectivity index (χ4n) is 3.51. The third-order valence-electron chi connectivity index (χ3n) is 5.30. The second-order valence-corrected chi connectivity index (χ2v) is 11.9. The minimum atomic E-state index is -4.04. The molecule has 1 aromatic carbocycles. The number of rotatable bonds is 6. The van der Waals surface area contributed by atoms with Crippen LogP contribution in [0.5, 0.6) is 0 Å². The summed E-state index contributed by atoms with van der Waals surface area (Å²) in [5.74, 6) is -1.26. The first-order valence-corrected chi connectivity index (χ1v) is 12.5. The Balaban J connectivity index is 1.53. The van der Waals surface area contributed by atoms with Crippen LogP contribution in [0.1, 0.15) is 32.1 Å². The molecule has 0 unspecified atom stereocenters. The summed E-state index contributed by atoms with van der Waals surface area (Å²) in [6.45, 7) is -0.336. The molecule has 2 fully saturated rings. The highest BCUT2D eigenvalue weighted by molar-refractivity contribution is 7.92. The summed E-state index contributed by atoms with van der Waals surface area (Å²) in [4.78, 5) is 13.3. The van der Waals surface area contributed by atoms with E-state index in [1.807, 2.05) is 0 Å². The Hall–Kier alpha value is -1.23. The van der Waals surface area contributed by atoms with Gasteiger partial charge in [0, 0.05) is 13.1 Å². The molecule has 0 radical (unpaired) electrons. The molecule has 1 aliphatic carbocycles. The first-order valence-electron chi connectivity index (χ1n) is 9.06. The number of sulfonamides is 1. The first-order chi connectivity index (χ1) is 13.1. The fourth-order valence-corrected chi connectivity index (χ4v) is 7.07. The Morgan fingerprint density at radius 1 is 1.11 bits per heavy atom. The molecule has 0 atom stereocenters. The number of nitrogens with one attached hydrogen (secondary N) is 1. The van der Waals surface area contributed by atoms with E-state index in [1.54, 1.807) is 0 Å². The average molecular weight is 453 g/mol. The van der Waals surface area contributed by atoms with Crippen LogP contribution in [0.25, 0.3) is 0 Å². The number of carbonyl (C=O) groups excluding carboxylic acids is 1. The zero-order valence-electron chi connectivity index (χ0n) is 15.1. The van der Waals surface area contributed by atoms with E-state index in [0.717, 1.165) is 37.5 Å². The van der Waals surface area contributed by atoms with Gasteiger partial charge in [-0.15, -0.1) is 0 Å². The van der Waals surface area contributed by atoms with E-state index in [9.17, 15) is 26.0 Å². The fraction of sp³-hybridized carbons (Fsp3) is 0.588. The van der Waals surface area contributed by atoms with Crippen LogP contribution in [0.2, 0.25) is 5.02 Å². The van der Waals surface area contributed by atoms with Crippen LogP contribution in [-0.4, -0.2) is 57.8 Å². The summed E-state index contributed by atoms with van der Waals surface area (Å²) in [5.41, 5.74) is 0. The lowest BCUT2D eigenvalue weighted by molar-refractivity contribution is -0.133. The van der Waals surface area contributed by atoms with Crippen molar-refractivity contribution < 1.29 is 26.0 Å². The van der Waals surface area contributed by atoms with E-state index < -0.39 is 43.4 Å². The molecule has 7 nitrogen and oxygen atoms in total. The molecule has 1 aromatic rings. The van der Waals surface area contributed by atoms with E-state index in [4.69, 9.17) is 11.6 Å². The molecule has 3 rings (SSSR count). The second kappa shape index (κ2) is 8.25. The molecule has 1 heterocycles. The molecule has 0 aromatic heterocycles. The molecule has 1 saturated heterocycles. The van der Waals surface area contributed by atoms with Gasteiger partial charge in [-0.2, -0.15) is 0 Å². The normalized spacial score (nSPS) is 19.4. The number of halogens is 2. The van der Waals surface area contributed by atoms with Crippen molar-refractivity contribution in [1.29, 1.82) is 0 Å². The largest absolute Gasteiger partial charge is 0.339 e. The maximum Gasteiger partial charge on any atom is 0.241 e. The Labute approximate surface area is 169 Å². The summed E-state index contributed by atoms with van der Waals surface area (Å²) in [7, 11) is -7.31. The van der Waals surface area contributed by atoms with Crippen LogP contribution in [0.3, 0.4) is 0 Å². The summed E-state index contributed by atoms with van der Waals surface area (Å²) >= 11 is 5.59. The van der Waals surface area contributed by atoms with Gasteiger partial charge in [0.15, 0.2) is 9.84 Å². The molecule has 1 N–H and O–H groups in total. The van der Waals surface area contributed by atoms with Crippen LogP contribution >= 0.6 is 11.6 Å². The zero-order chi connectivity index (χ0) is 20.5. The van der Waals surface area contributed by atoms with Crippen molar-refractivity contribution in [2.24, 2.45) is 0 Å². The van der Waals surface area contributed by atoms with E-state index in [1.165, 1.54) is 4.90 Å². The SMILES string of the molecule is O=C(CNS(=O)(=O)c1ccc(F)c(Cl)c1)N1CC(S(=O)(=O)C2CCCCC2)C1. The Bertz CT molecular complexity index is 956. The van der Waals surface area contributed by atoms with Crippen molar-refractivity contribution >= 4 is 37.4 Å². The van der Waals surface area contributed by atoms with E-state index >= 15 is 0 Å². The molecule has 156 valence electrons. The quantitative estimate of drug-likeness (QED) is 0.708. The highest BCUT2D eigenvalue weighted by Crippen LogP contribution is 2.29. The Kier molecular flexibility index (Phi) is 6.33. The number of likely N-dealkylation sites (tertiary alicyclic amines) is 1.